The van der Waals surface area contributed by atoms with Crippen LogP contribution in [0, 0.1) is 0 Å². The maximum absolute atomic E-state index is 12.6. The topological polar surface area (TPSA) is 20.3 Å². The molecule has 1 saturated heterocycles. The van der Waals surface area contributed by atoms with Gasteiger partial charge in [0.1, 0.15) is 0 Å². The third-order valence-electron chi connectivity index (χ3n) is 3.70. The van der Waals surface area contributed by atoms with E-state index in [0.717, 1.165) is 50.0 Å². The molecule has 0 radical (unpaired) electrons. The van der Waals surface area contributed by atoms with Gasteiger partial charge in [0.25, 0.3) is 0 Å². The number of nitrogens with zero attached hydrogens (tertiary/aromatic N) is 1. The summed E-state index contributed by atoms with van der Waals surface area (Å²) in [5.74, 6) is 0.0847. The summed E-state index contributed by atoms with van der Waals surface area (Å²) in [6, 6.07) is 3.57. The number of benzene rings is 1. The summed E-state index contributed by atoms with van der Waals surface area (Å²) >= 11 is 3.16. The Balaban J connectivity index is 1.95. The highest BCUT2D eigenvalue weighted by atomic mass is 79.9. The first-order valence-corrected chi connectivity index (χ1v) is 7.80. The van der Waals surface area contributed by atoms with Crippen molar-refractivity contribution >= 4 is 21.8 Å². The molecular weight excluding hydrogens is 347 g/mol. The summed E-state index contributed by atoms with van der Waals surface area (Å²) in [4.78, 5) is 13.9. The number of carbonyl (C=O) groups excluding carboxylic acids is 1. The Bertz CT molecular complexity index is 510. The van der Waals surface area contributed by atoms with Gasteiger partial charge in [-0.15, -0.1) is 0 Å². The minimum absolute atomic E-state index is 0.0847. The quantitative estimate of drug-likeness (QED) is 0.778. The molecule has 0 bridgehead atoms. The predicted octanol–water partition coefficient (Wildman–Crippen LogP) is 4.41. The standard InChI is InChI=1S/C15H17BrF3NO/c16-13-10-12(15(17,18)19)6-4-11(13)5-7-14(21)20-8-2-1-3-9-20/h4,6,10H,1-3,5,7-9H2. The Morgan fingerprint density at radius 1 is 1.19 bits per heavy atom. The van der Waals surface area contributed by atoms with Gasteiger partial charge in [0.15, 0.2) is 0 Å². The lowest BCUT2D eigenvalue weighted by atomic mass is 10.1. The Labute approximate surface area is 130 Å². The van der Waals surface area contributed by atoms with Gasteiger partial charge in [-0.05, 0) is 43.4 Å². The molecule has 0 aromatic heterocycles. The highest BCUT2D eigenvalue weighted by Gasteiger charge is 2.30. The van der Waals surface area contributed by atoms with Crippen LogP contribution in [0.15, 0.2) is 22.7 Å². The van der Waals surface area contributed by atoms with Crippen molar-refractivity contribution in [3.8, 4) is 0 Å². The average Bonchev–Trinajstić information content (AvgIpc) is 2.45. The summed E-state index contributed by atoms with van der Waals surface area (Å²) in [5.41, 5.74) is 0.0499. The molecule has 0 saturated carbocycles. The minimum Gasteiger partial charge on any atom is -0.343 e. The molecule has 0 aliphatic carbocycles. The van der Waals surface area contributed by atoms with E-state index in [2.05, 4.69) is 15.9 Å². The first kappa shape index (κ1) is 16.3. The Morgan fingerprint density at radius 3 is 2.43 bits per heavy atom. The summed E-state index contributed by atoms with van der Waals surface area (Å²) in [5, 5.41) is 0. The smallest absolute Gasteiger partial charge is 0.343 e. The van der Waals surface area contributed by atoms with Crippen molar-refractivity contribution in [2.24, 2.45) is 0 Å². The zero-order valence-electron chi connectivity index (χ0n) is 11.5. The molecule has 0 spiro atoms. The molecule has 116 valence electrons. The summed E-state index contributed by atoms with van der Waals surface area (Å²) in [6.07, 6.45) is -0.317. The molecule has 1 amide bonds. The maximum atomic E-state index is 12.6. The molecule has 1 aromatic rings. The van der Waals surface area contributed by atoms with Gasteiger partial charge >= 0.3 is 6.18 Å². The molecule has 6 heteroatoms. The number of piperidine rings is 1. The van der Waals surface area contributed by atoms with Crippen molar-refractivity contribution in [3.63, 3.8) is 0 Å². The molecular formula is C15H17BrF3NO. The fourth-order valence-corrected chi connectivity index (χ4v) is 3.05. The van der Waals surface area contributed by atoms with Gasteiger partial charge < -0.3 is 4.90 Å². The second kappa shape index (κ2) is 6.81. The predicted molar refractivity (Wildman–Crippen MR) is 77.9 cm³/mol. The van der Waals surface area contributed by atoms with E-state index in [-0.39, 0.29) is 5.91 Å². The zero-order valence-corrected chi connectivity index (χ0v) is 13.1. The van der Waals surface area contributed by atoms with E-state index in [1.54, 1.807) is 0 Å². The summed E-state index contributed by atoms with van der Waals surface area (Å²) < 4.78 is 38.1. The van der Waals surface area contributed by atoms with Gasteiger partial charge in [0.2, 0.25) is 5.91 Å². The highest BCUT2D eigenvalue weighted by molar-refractivity contribution is 9.10. The van der Waals surface area contributed by atoms with Crippen LogP contribution in [0.4, 0.5) is 13.2 Å². The molecule has 0 N–H and O–H groups in total. The molecule has 0 atom stereocenters. The molecule has 1 aromatic carbocycles. The number of aryl methyl sites for hydroxylation is 1. The number of halogens is 4. The first-order valence-electron chi connectivity index (χ1n) is 7.01. The number of likely N-dealkylation sites (tertiary alicyclic amines) is 1. The van der Waals surface area contributed by atoms with Gasteiger partial charge in [0, 0.05) is 24.0 Å². The summed E-state index contributed by atoms with van der Waals surface area (Å²) in [7, 11) is 0. The van der Waals surface area contributed by atoms with Gasteiger partial charge in [-0.2, -0.15) is 13.2 Å². The number of rotatable bonds is 3. The molecule has 0 unspecified atom stereocenters. The Kier molecular flexibility index (Phi) is 5.30. The third kappa shape index (κ3) is 4.46. The first-order chi connectivity index (χ1) is 9.88. The fraction of sp³-hybridized carbons (Fsp3) is 0.533. The van der Waals surface area contributed by atoms with Gasteiger partial charge in [0.05, 0.1) is 5.56 Å². The molecule has 21 heavy (non-hydrogen) atoms. The lowest BCUT2D eigenvalue weighted by Crippen LogP contribution is -2.35. The molecule has 1 aliphatic rings. The van der Waals surface area contributed by atoms with E-state index in [1.165, 1.54) is 6.07 Å². The van der Waals surface area contributed by atoms with E-state index in [0.29, 0.717) is 17.3 Å². The van der Waals surface area contributed by atoms with Crippen LogP contribution in [-0.4, -0.2) is 23.9 Å². The van der Waals surface area contributed by atoms with Crippen LogP contribution >= 0.6 is 15.9 Å². The van der Waals surface area contributed by atoms with Crippen molar-refractivity contribution in [1.82, 2.24) is 4.90 Å². The lowest BCUT2D eigenvalue weighted by Gasteiger charge is -2.26. The van der Waals surface area contributed by atoms with E-state index in [4.69, 9.17) is 0 Å². The van der Waals surface area contributed by atoms with Gasteiger partial charge in [-0.3, -0.25) is 4.79 Å². The highest BCUT2D eigenvalue weighted by Crippen LogP contribution is 2.32. The monoisotopic (exact) mass is 363 g/mol. The van der Waals surface area contributed by atoms with Crippen LogP contribution in [0.1, 0.15) is 36.8 Å². The number of amides is 1. The average molecular weight is 364 g/mol. The van der Waals surface area contributed by atoms with Crippen molar-refractivity contribution in [3.05, 3.63) is 33.8 Å². The molecule has 1 aliphatic heterocycles. The maximum Gasteiger partial charge on any atom is 0.416 e. The Morgan fingerprint density at radius 2 is 1.86 bits per heavy atom. The van der Waals surface area contributed by atoms with E-state index < -0.39 is 11.7 Å². The largest absolute Gasteiger partial charge is 0.416 e. The number of carbonyl (C=O) groups is 1. The van der Waals surface area contributed by atoms with Crippen molar-refractivity contribution in [2.45, 2.75) is 38.3 Å². The van der Waals surface area contributed by atoms with Gasteiger partial charge in [-0.25, -0.2) is 0 Å². The number of alkyl halides is 3. The van der Waals surface area contributed by atoms with Crippen molar-refractivity contribution in [2.75, 3.05) is 13.1 Å². The molecule has 2 rings (SSSR count). The van der Waals surface area contributed by atoms with Crippen molar-refractivity contribution < 1.29 is 18.0 Å². The zero-order chi connectivity index (χ0) is 15.5. The number of hydrogen-bond acceptors (Lipinski definition) is 1. The van der Waals surface area contributed by atoms with Crippen LogP contribution in [0.2, 0.25) is 0 Å². The van der Waals surface area contributed by atoms with Crippen LogP contribution in [-0.2, 0) is 17.4 Å². The summed E-state index contributed by atoms with van der Waals surface area (Å²) in [6.45, 7) is 1.60. The lowest BCUT2D eigenvalue weighted by molar-refractivity contribution is -0.137. The Hall–Kier alpha value is -1.04. The third-order valence-corrected chi connectivity index (χ3v) is 4.44. The molecule has 2 nitrogen and oxygen atoms in total. The number of hydrogen-bond donors (Lipinski definition) is 0. The van der Waals surface area contributed by atoms with E-state index in [1.807, 2.05) is 4.90 Å². The molecule has 1 fully saturated rings. The van der Waals surface area contributed by atoms with Crippen molar-refractivity contribution in [1.29, 1.82) is 0 Å². The normalized spacial score (nSPS) is 16.1. The molecule has 1 heterocycles. The second-order valence-electron chi connectivity index (χ2n) is 5.25. The van der Waals surface area contributed by atoms with Crippen LogP contribution in [0.25, 0.3) is 0 Å². The van der Waals surface area contributed by atoms with Crippen LogP contribution in [0.3, 0.4) is 0 Å². The van der Waals surface area contributed by atoms with E-state index in [9.17, 15) is 18.0 Å². The minimum atomic E-state index is -4.34. The SMILES string of the molecule is O=C(CCc1ccc(C(F)(F)F)cc1Br)N1CCCCC1. The second-order valence-corrected chi connectivity index (χ2v) is 6.10. The fourth-order valence-electron chi connectivity index (χ4n) is 2.47. The van der Waals surface area contributed by atoms with E-state index >= 15 is 0 Å². The van der Waals surface area contributed by atoms with Gasteiger partial charge in [-0.1, -0.05) is 22.0 Å². The van der Waals surface area contributed by atoms with Crippen LogP contribution in [0.5, 0.6) is 0 Å². The van der Waals surface area contributed by atoms with Crippen LogP contribution < -0.4 is 0 Å².